The number of hydroxylamine groups is 1. The fraction of sp³-hybridized carbons (Fsp3) is 0.235. The van der Waals surface area contributed by atoms with Gasteiger partial charge in [-0.3, -0.25) is 15.3 Å². The van der Waals surface area contributed by atoms with Gasteiger partial charge in [-0.15, -0.1) is 0 Å². The van der Waals surface area contributed by atoms with Crippen LogP contribution in [0.4, 0.5) is 0 Å². The molecule has 0 amide bonds. The molecule has 41 heavy (non-hydrogen) atoms. The third-order valence-electron chi connectivity index (χ3n) is 6.46. The quantitative estimate of drug-likeness (QED) is 0.141. The number of hydrogen-bond acceptors (Lipinski definition) is 6. The summed E-state index contributed by atoms with van der Waals surface area (Å²) in [6.07, 6.45) is 1.00. The lowest BCUT2D eigenvalue weighted by molar-refractivity contribution is -0.145. The zero-order valence-corrected chi connectivity index (χ0v) is 23.7. The normalized spacial score (nSPS) is 11.9. The molecule has 2 N–H and O–H groups in total. The maximum Gasteiger partial charge on any atom is 0.345 e. The molecule has 7 heteroatoms. The summed E-state index contributed by atoms with van der Waals surface area (Å²) in [7, 11) is 0. The van der Waals surface area contributed by atoms with Crippen molar-refractivity contribution in [2.75, 3.05) is 13.2 Å². The summed E-state index contributed by atoms with van der Waals surface area (Å²) < 4.78 is 11.5. The third kappa shape index (κ3) is 8.68. The van der Waals surface area contributed by atoms with E-state index in [-0.39, 0.29) is 11.8 Å². The van der Waals surface area contributed by atoms with Crippen molar-refractivity contribution in [3.63, 3.8) is 0 Å². The van der Waals surface area contributed by atoms with E-state index in [1.165, 1.54) is 0 Å². The molecule has 0 fully saturated rings. The van der Waals surface area contributed by atoms with Crippen LogP contribution in [-0.2, 0) is 21.5 Å². The number of benzene rings is 3. The van der Waals surface area contributed by atoms with Gasteiger partial charge in [-0.1, -0.05) is 81.9 Å². The van der Waals surface area contributed by atoms with E-state index >= 15 is 0 Å². The molecule has 0 spiro atoms. The van der Waals surface area contributed by atoms with Gasteiger partial charge in [0.1, 0.15) is 24.7 Å². The fourth-order valence-electron chi connectivity index (χ4n) is 4.09. The number of aromatic nitrogens is 1. The highest BCUT2D eigenvalue weighted by Gasteiger charge is 2.21. The van der Waals surface area contributed by atoms with Crippen molar-refractivity contribution in [3.8, 4) is 22.8 Å². The van der Waals surface area contributed by atoms with Gasteiger partial charge in [-0.25, -0.2) is 4.79 Å². The number of nitrogens with one attached hydrogen (secondary N) is 1. The molecule has 0 radical (unpaired) electrons. The van der Waals surface area contributed by atoms with Crippen molar-refractivity contribution in [1.82, 2.24) is 10.5 Å². The van der Waals surface area contributed by atoms with Gasteiger partial charge < -0.3 is 14.6 Å². The standard InChI is InChI=1S/C34H36N2O5/c1-24(26-10-12-27(13-11-26)31-7-5-6-20-35-31)36-40-22-21-39-29-16-8-25(9-17-29)23-32(33(37)38)41-30-18-14-28(15-19-30)34(2,3)4/h5-20,32,36H,1,21-23H2,2-4H3,(H,37,38). The van der Waals surface area contributed by atoms with E-state index in [0.717, 1.165) is 27.9 Å². The predicted octanol–water partition coefficient (Wildman–Crippen LogP) is 6.69. The van der Waals surface area contributed by atoms with Crippen LogP contribution in [-0.4, -0.2) is 35.4 Å². The molecule has 4 aromatic rings. The highest BCUT2D eigenvalue weighted by molar-refractivity contribution is 5.73. The second kappa shape index (κ2) is 13.6. The molecule has 0 aliphatic carbocycles. The molecule has 0 bridgehead atoms. The summed E-state index contributed by atoms with van der Waals surface area (Å²) in [5.41, 5.74) is 8.35. The van der Waals surface area contributed by atoms with E-state index in [9.17, 15) is 9.90 Å². The smallest absolute Gasteiger partial charge is 0.345 e. The van der Waals surface area contributed by atoms with E-state index < -0.39 is 12.1 Å². The number of rotatable bonds is 13. The van der Waals surface area contributed by atoms with Crippen LogP contribution in [0.25, 0.3) is 17.0 Å². The van der Waals surface area contributed by atoms with Crippen LogP contribution >= 0.6 is 0 Å². The molecule has 7 nitrogen and oxygen atoms in total. The van der Waals surface area contributed by atoms with Crippen molar-refractivity contribution in [2.24, 2.45) is 0 Å². The first kappa shape index (κ1) is 29.4. The number of carboxylic acids is 1. The maximum absolute atomic E-state index is 11.8. The molecule has 212 valence electrons. The Morgan fingerprint density at radius 1 is 0.902 bits per heavy atom. The average molecular weight is 553 g/mol. The van der Waals surface area contributed by atoms with Crippen molar-refractivity contribution >= 4 is 11.7 Å². The molecular weight excluding hydrogens is 516 g/mol. The van der Waals surface area contributed by atoms with Crippen LogP contribution in [0.3, 0.4) is 0 Å². The monoisotopic (exact) mass is 552 g/mol. The van der Waals surface area contributed by atoms with E-state index in [2.05, 4.69) is 37.8 Å². The van der Waals surface area contributed by atoms with Gasteiger partial charge in [0.05, 0.1) is 11.4 Å². The number of carbonyl (C=O) groups is 1. The molecule has 0 saturated heterocycles. The summed E-state index contributed by atoms with van der Waals surface area (Å²) in [6, 6.07) is 28.6. The third-order valence-corrected chi connectivity index (χ3v) is 6.46. The van der Waals surface area contributed by atoms with Crippen molar-refractivity contribution in [3.05, 3.63) is 120 Å². The van der Waals surface area contributed by atoms with Crippen LogP contribution in [0.15, 0.2) is 104 Å². The van der Waals surface area contributed by atoms with Crippen LogP contribution in [0.1, 0.15) is 37.5 Å². The highest BCUT2D eigenvalue weighted by Crippen LogP contribution is 2.25. The Morgan fingerprint density at radius 2 is 1.59 bits per heavy atom. The Balaban J connectivity index is 1.19. The second-order valence-electron chi connectivity index (χ2n) is 10.6. The molecule has 0 aliphatic rings. The molecule has 1 atom stereocenters. The number of nitrogens with zero attached hydrogens (tertiary/aromatic N) is 1. The lowest BCUT2D eigenvalue weighted by Gasteiger charge is -2.20. The zero-order valence-electron chi connectivity index (χ0n) is 23.7. The predicted molar refractivity (Wildman–Crippen MR) is 161 cm³/mol. The van der Waals surface area contributed by atoms with Crippen LogP contribution < -0.4 is 15.0 Å². The fourth-order valence-corrected chi connectivity index (χ4v) is 4.09. The molecule has 1 unspecified atom stereocenters. The first-order valence-electron chi connectivity index (χ1n) is 13.5. The minimum atomic E-state index is -1.01. The maximum atomic E-state index is 11.8. The zero-order chi connectivity index (χ0) is 29.2. The van der Waals surface area contributed by atoms with Crippen LogP contribution in [0, 0.1) is 0 Å². The second-order valence-corrected chi connectivity index (χ2v) is 10.6. The Morgan fingerprint density at radius 3 is 2.20 bits per heavy atom. The number of carboxylic acid groups (broad SMARTS) is 1. The Bertz CT molecular complexity index is 1410. The van der Waals surface area contributed by atoms with E-state index in [1.807, 2.05) is 91.0 Å². The molecular formula is C34H36N2O5. The Kier molecular flexibility index (Phi) is 9.77. The van der Waals surface area contributed by atoms with Crippen molar-refractivity contribution in [1.29, 1.82) is 0 Å². The van der Waals surface area contributed by atoms with Gasteiger partial charge in [0.25, 0.3) is 0 Å². The SMILES string of the molecule is C=C(NOCCOc1ccc(CC(Oc2ccc(C(C)(C)C)cc2)C(=O)O)cc1)c1ccc(-c2ccccn2)cc1. The lowest BCUT2D eigenvalue weighted by Crippen LogP contribution is -2.29. The first-order chi connectivity index (χ1) is 19.7. The van der Waals surface area contributed by atoms with Gasteiger partial charge in [0.2, 0.25) is 0 Å². The number of hydrogen-bond donors (Lipinski definition) is 2. The number of ether oxygens (including phenoxy) is 2. The van der Waals surface area contributed by atoms with Gasteiger partial charge in [-0.2, -0.15) is 0 Å². The minimum Gasteiger partial charge on any atom is -0.491 e. The van der Waals surface area contributed by atoms with E-state index in [0.29, 0.717) is 30.4 Å². The Hall–Kier alpha value is -4.62. The van der Waals surface area contributed by atoms with Gasteiger partial charge in [0.15, 0.2) is 6.10 Å². The molecule has 4 rings (SSSR count). The summed E-state index contributed by atoms with van der Waals surface area (Å²) in [4.78, 5) is 21.7. The van der Waals surface area contributed by atoms with Crippen molar-refractivity contribution < 1.29 is 24.2 Å². The van der Waals surface area contributed by atoms with E-state index in [4.69, 9.17) is 14.3 Å². The largest absolute Gasteiger partial charge is 0.491 e. The van der Waals surface area contributed by atoms with Gasteiger partial charge in [0, 0.05) is 18.2 Å². The van der Waals surface area contributed by atoms with Gasteiger partial charge >= 0.3 is 5.97 Å². The highest BCUT2D eigenvalue weighted by atomic mass is 16.7. The van der Waals surface area contributed by atoms with Gasteiger partial charge in [-0.05, 0) is 58.5 Å². The van der Waals surface area contributed by atoms with Crippen molar-refractivity contribution in [2.45, 2.75) is 38.7 Å². The minimum absolute atomic E-state index is 0.0138. The molecule has 1 heterocycles. The molecule has 1 aromatic heterocycles. The summed E-state index contributed by atoms with van der Waals surface area (Å²) in [5, 5.41) is 9.69. The molecule has 3 aromatic carbocycles. The number of aliphatic carboxylic acids is 1. The number of pyridine rings is 1. The molecule has 0 aliphatic heterocycles. The first-order valence-corrected chi connectivity index (χ1v) is 13.5. The summed E-state index contributed by atoms with van der Waals surface area (Å²) >= 11 is 0. The van der Waals surface area contributed by atoms with Crippen LogP contribution in [0.5, 0.6) is 11.5 Å². The average Bonchev–Trinajstić information content (AvgIpc) is 2.97. The van der Waals surface area contributed by atoms with Crippen LogP contribution in [0.2, 0.25) is 0 Å². The van der Waals surface area contributed by atoms with E-state index in [1.54, 1.807) is 6.20 Å². The molecule has 0 saturated carbocycles. The lowest BCUT2D eigenvalue weighted by atomic mass is 9.87. The summed E-state index contributed by atoms with van der Waals surface area (Å²) in [5.74, 6) is 0.176. The Labute approximate surface area is 241 Å². The topological polar surface area (TPSA) is 89.9 Å². The summed E-state index contributed by atoms with van der Waals surface area (Å²) in [6.45, 7) is 11.0.